The molecule has 0 aliphatic rings. The third kappa shape index (κ3) is 24.5. The number of ether oxygens (including phenoxy) is 1. The molecule has 6 heteroatoms. The fraction of sp³-hybridized carbons (Fsp3) is 0.857. The van der Waals surface area contributed by atoms with Crippen molar-refractivity contribution in [1.82, 2.24) is 0 Å². The maximum atomic E-state index is 9.82. The molecule has 0 fully saturated rings. The highest BCUT2D eigenvalue weighted by molar-refractivity contribution is 6.61. The van der Waals surface area contributed by atoms with Gasteiger partial charge in [-0.1, -0.05) is 0 Å². The molecule has 0 bridgehead atoms. The molecule has 0 aromatic heterocycles. The normalized spacial score (nSPS) is 8.62. The van der Waals surface area contributed by atoms with E-state index in [-0.39, 0.29) is 6.61 Å². The van der Waals surface area contributed by atoms with Gasteiger partial charge in [-0.2, -0.15) is 0 Å². The van der Waals surface area contributed by atoms with Crippen molar-refractivity contribution in [3.63, 3.8) is 0 Å². The summed E-state index contributed by atoms with van der Waals surface area (Å²) in [5.74, 6) is 1.06. The molecule has 13 heavy (non-hydrogen) atoms. The largest absolute Gasteiger partial charge is 0.454 e. The molecule has 0 spiro atoms. The van der Waals surface area contributed by atoms with Crippen LogP contribution in [-0.4, -0.2) is 35.5 Å². The fourth-order valence-electron chi connectivity index (χ4n) is 0.267. The maximum absolute atomic E-state index is 9.82. The maximum Gasteiger partial charge on any atom is 0.403 e. The van der Waals surface area contributed by atoms with E-state index in [1.807, 2.05) is 0 Å². The highest BCUT2D eigenvalue weighted by Crippen LogP contribution is 1.90. The molecule has 0 rings (SSSR count). The predicted octanol–water partition coefficient (Wildman–Crippen LogP) is 2.60. The molecule has 0 aliphatic heterocycles. The summed E-state index contributed by atoms with van der Waals surface area (Å²) in [4.78, 5) is 9.82. The van der Waals surface area contributed by atoms with Crippen LogP contribution in [0.2, 0.25) is 0 Å². The van der Waals surface area contributed by atoms with Gasteiger partial charge in [0.25, 0.3) is 0 Å². The second-order valence-corrected chi connectivity index (χ2v) is 2.96. The van der Waals surface area contributed by atoms with Gasteiger partial charge in [-0.25, -0.2) is 4.79 Å². The van der Waals surface area contributed by atoms with Gasteiger partial charge < -0.3 is 9.84 Å². The molecule has 3 nitrogen and oxygen atoms in total. The Labute approximate surface area is 92.9 Å². The molecule has 0 radical (unpaired) electrons. The number of carbonyl (C=O) groups excluding carboxylic acids is 1. The van der Waals surface area contributed by atoms with Crippen LogP contribution < -0.4 is 0 Å². The standard InChI is InChI=1S/C4H6Cl2O2.C3H7ClO/c5-2-1-3-8-4(6)7;4-2-1-3-5/h1-3H2;5H,1-3H2. The van der Waals surface area contributed by atoms with E-state index in [0.717, 1.165) is 0 Å². The summed E-state index contributed by atoms with van der Waals surface area (Å²) in [6.45, 7) is 0.523. The van der Waals surface area contributed by atoms with E-state index in [2.05, 4.69) is 4.74 Å². The van der Waals surface area contributed by atoms with Crippen molar-refractivity contribution in [2.45, 2.75) is 12.8 Å². The zero-order chi connectivity index (χ0) is 10.5. The van der Waals surface area contributed by atoms with Gasteiger partial charge in [0.1, 0.15) is 0 Å². The van der Waals surface area contributed by atoms with Gasteiger partial charge in [0.2, 0.25) is 0 Å². The third-order valence-corrected chi connectivity index (χ3v) is 1.43. The van der Waals surface area contributed by atoms with Crippen LogP contribution in [0.4, 0.5) is 4.79 Å². The second-order valence-electron chi connectivity index (χ2n) is 1.89. The molecule has 0 aromatic rings. The van der Waals surface area contributed by atoms with E-state index in [1.54, 1.807) is 0 Å². The Morgan fingerprint density at radius 1 is 1.23 bits per heavy atom. The second kappa shape index (κ2) is 14.8. The van der Waals surface area contributed by atoms with Crippen LogP contribution in [-0.2, 0) is 4.74 Å². The number of carbonyl (C=O) groups is 1. The molecule has 0 saturated heterocycles. The monoisotopic (exact) mass is 250 g/mol. The lowest BCUT2D eigenvalue weighted by atomic mass is 10.5. The van der Waals surface area contributed by atoms with Crippen molar-refractivity contribution in [3.05, 3.63) is 0 Å². The lowest BCUT2D eigenvalue weighted by molar-refractivity contribution is 0.174. The van der Waals surface area contributed by atoms with Crippen LogP contribution >= 0.6 is 34.8 Å². The molecule has 0 unspecified atom stereocenters. The Hall–Kier alpha value is 0.300. The van der Waals surface area contributed by atoms with Gasteiger partial charge in [-0.3, -0.25) is 0 Å². The Balaban J connectivity index is 0. The van der Waals surface area contributed by atoms with Crippen LogP contribution in [0.1, 0.15) is 12.8 Å². The van der Waals surface area contributed by atoms with Crippen LogP contribution in [0, 0.1) is 0 Å². The summed E-state index contributed by atoms with van der Waals surface area (Å²) in [6.07, 6.45) is 1.36. The molecular formula is C7H13Cl3O3. The number of aliphatic hydroxyl groups is 1. The topological polar surface area (TPSA) is 46.5 Å². The Morgan fingerprint density at radius 2 is 1.77 bits per heavy atom. The average Bonchev–Trinajstić information content (AvgIpc) is 2.07. The zero-order valence-corrected chi connectivity index (χ0v) is 9.41. The van der Waals surface area contributed by atoms with Gasteiger partial charge in [0.15, 0.2) is 0 Å². The Morgan fingerprint density at radius 3 is 2.00 bits per heavy atom. The van der Waals surface area contributed by atoms with Crippen LogP contribution in [0.25, 0.3) is 0 Å². The van der Waals surface area contributed by atoms with Crippen molar-refractivity contribution in [2.24, 2.45) is 0 Å². The highest BCUT2D eigenvalue weighted by atomic mass is 35.5. The molecule has 0 aliphatic carbocycles. The van der Waals surface area contributed by atoms with E-state index in [0.29, 0.717) is 31.2 Å². The molecule has 1 N–H and O–H groups in total. The summed E-state index contributed by atoms with van der Waals surface area (Å²) in [7, 11) is 0. The van der Waals surface area contributed by atoms with Crippen LogP contribution in [0.5, 0.6) is 0 Å². The lowest BCUT2D eigenvalue weighted by Crippen LogP contribution is -1.96. The minimum absolute atomic E-state index is 0.212. The molecule has 0 atom stereocenters. The predicted molar refractivity (Wildman–Crippen MR) is 55.0 cm³/mol. The van der Waals surface area contributed by atoms with Gasteiger partial charge in [0, 0.05) is 30.0 Å². The Kier molecular flexibility index (Phi) is 17.9. The number of hydrogen-bond donors (Lipinski definition) is 1. The minimum Gasteiger partial charge on any atom is -0.454 e. The molecule has 0 amide bonds. The minimum atomic E-state index is -0.768. The third-order valence-electron chi connectivity index (χ3n) is 0.785. The van der Waals surface area contributed by atoms with Crippen LogP contribution in [0.3, 0.4) is 0 Å². The van der Waals surface area contributed by atoms with Gasteiger partial charge in [0.05, 0.1) is 6.61 Å². The highest BCUT2D eigenvalue weighted by Gasteiger charge is 1.91. The fourth-order valence-corrected chi connectivity index (χ4v) is 0.573. The van der Waals surface area contributed by atoms with Gasteiger partial charge in [-0.15, -0.1) is 23.2 Å². The molecular weight excluding hydrogens is 238 g/mol. The number of hydrogen-bond acceptors (Lipinski definition) is 3. The zero-order valence-electron chi connectivity index (χ0n) is 7.14. The number of halogens is 3. The number of aliphatic hydroxyl groups excluding tert-OH is 1. The smallest absolute Gasteiger partial charge is 0.403 e. The van der Waals surface area contributed by atoms with Crippen molar-refractivity contribution in [3.8, 4) is 0 Å². The van der Waals surface area contributed by atoms with Gasteiger partial charge in [-0.05, 0) is 12.8 Å². The summed E-state index contributed by atoms with van der Waals surface area (Å²) >= 11 is 15.2. The molecule has 80 valence electrons. The summed E-state index contributed by atoms with van der Waals surface area (Å²) in [6, 6.07) is 0. The van der Waals surface area contributed by atoms with Crippen molar-refractivity contribution in [2.75, 3.05) is 25.0 Å². The van der Waals surface area contributed by atoms with E-state index < -0.39 is 5.43 Å². The summed E-state index contributed by atoms with van der Waals surface area (Å²) in [5.41, 5.74) is -0.768. The summed E-state index contributed by atoms with van der Waals surface area (Å²) in [5, 5.41) is 7.98. The van der Waals surface area contributed by atoms with Crippen molar-refractivity contribution in [1.29, 1.82) is 0 Å². The first-order valence-corrected chi connectivity index (χ1v) is 5.18. The number of alkyl halides is 2. The first-order chi connectivity index (χ1) is 6.18. The first kappa shape index (κ1) is 15.8. The number of rotatable bonds is 5. The molecule has 0 aromatic carbocycles. The van der Waals surface area contributed by atoms with Crippen molar-refractivity contribution >= 4 is 40.2 Å². The quantitative estimate of drug-likeness (QED) is 0.464. The SMILES string of the molecule is O=C(Cl)OCCCCl.OCCCCl. The van der Waals surface area contributed by atoms with Crippen molar-refractivity contribution < 1.29 is 14.6 Å². The Bertz CT molecular complexity index is 109. The van der Waals surface area contributed by atoms with E-state index >= 15 is 0 Å². The van der Waals surface area contributed by atoms with E-state index in [4.69, 9.17) is 39.9 Å². The van der Waals surface area contributed by atoms with Crippen LogP contribution in [0.15, 0.2) is 0 Å². The average molecular weight is 252 g/mol. The van der Waals surface area contributed by atoms with Gasteiger partial charge >= 0.3 is 5.43 Å². The lowest BCUT2D eigenvalue weighted by Gasteiger charge is -1.93. The first-order valence-electron chi connectivity index (χ1n) is 3.74. The van der Waals surface area contributed by atoms with E-state index in [1.165, 1.54) is 0 Å². The summed E-state index contributed by atoms with van der Waals surface area (Å²) < 4.78 is 4.32. The molecule has 0 saturated carbocycles. The molecule has 0 heterocycles. The van der Waals surface area contributed by atoms with E-state index in [9.17, 15) is 4.79 Å².